The molecule has 5 nitrogen and oxygen atoms in total. The van der Waals surface area contributed by atoms with Gasteiger partial charge in [-0.3, -0.25) is 0 Å². The van der Waals surface area contributed by atoms with Crippen LogP contribution in [-0.2, 0) is 6.54 Å². The lowest BCUT2D eigenvalue weighted by Gasteiger charge is -2.15. The maximum Gasteiger partial charge on any atom is 0.165 e. The van der Waals surface area contributed by atoms with Crippen molar-refractivity contribution in [1.82, 2.24) is 25.5 Å². The number of aromatic nitrogens is 4. The molecule has 0 amide bonds. The quantitative estimate of drug-likeness (QED) is 0.880. The van der Waals surface area contributed by atoms with Crippen LogP contribution in [0.2, 0.25) is 0 Å². The summed E-state index contributed by atoms with van der Waals surface area (Å²) in [6.45, 7) is 8.10. The van der Waals surface area contributed by atoms with Crippen LogP contribution >= 0.6 is 15.9 Å². The van der Waals surface area contributed by atoms with E-state index < -0.39 is 0 Å². The Hall–Kier alpha value is -1.27. The Bertz CT molecular complexity index is 552. The standard InChI is InChI=1S/C14H20BrN5/c1-10(2)8-16-9-14-17-18-19-20(14)11(3)12-5-4-6-13(15)7-12/h4-7,10-11,16H,8-9H2,1-3H3. The van der Waals surface area contributed by atoms with Crippen molar-refractivity contribution < 1.29 is 0 Å². The zero-order chi connectivity index (χ0) is 14.5. The summed E-state index contributed by atoms with van der Waals surface area (Å²) < 4.78 is 2.93. The van der Waals surface area contributed by atoms with Crippen molar-refractivity contribution >= 4 is 15.9 Å². The summed E-state index contributed by atoms with van der Waals surface area (Å²) in [7, 11) is 0. The average molecular weight is 338 g/mol. The number of hydrogen-bond acceptors (Lipinski definition) is 4. The van der Waals surface area contributed by atoms with Gasteiger partial charge in [-0.1, -0.05) is 41.9 Å². The molecular weight excluding hydrogens is 318 g/mol. The first kappa shape index (κ1) is 15.1. The van der Waals surface area contributed by atoms with Crippen LogP contribution in [0, 0.1) is 5.92 Å². The van der Waals surface area contributed by atoms with E-state index in [1.54, 1.807) is 0 Å². The second-order valence-corrected chi connectivity index (χ2v) is 6.21. The molecule has 1 heterocycles. The number of hydrogen-bond donors (Lipinski definition) is 1. The van der Waals surface area contributed by atoms with E-state index in [4.69, 9.17) is 0 Å². The molecule has 1 unspecified atom stereocenters. The molecule has 2 aromatic rings. The zero-order valence-corrected chi connectivity index (χ0v) is 13.6. The van der Waals surface area contributed by atoms with Crippen LogP contribution in [0.25, 0.3) is 0 Å². The van der Waals surface area contributed by atoms with Crippen LogP contribution in [0.5, 0.6) is 0 Å². The van der Waals surface area contributed by atoms with Crippen molar-refractivity contribution in [3.8, 4) is 0 Å². The smallest absolute Gasteiger partial charge is 0.165 e. The molecule has 1 aromatic carbocycles. The molecular formula is C14H20BrN5. The number of rotatable bonds is 6. The first-order valence-corrected chi connectivity index (χ1v) is 7.60. The molecule has 0 spiro atoms. The molecule has 0 aliphatic heterocycles. The second kappa shape index (κ2) is 6.95. The molecule has 1 atom stereocenters. The fourth-order valence-electron chi connectivity index (χ4n) is 2.01. The Balaban J connectivity index is 2.10. The maximum absolute atomic E-state index is 4.12. The normalized spacial score (nSPS) is 12.8. The fourth-order valence-corrected chi connectivity index (χ4v) is 2.43. The van der Waals surface area contributed by atoms with Gasteiger partial charge in [-0.2, -0.15) is 0 Å². The highest BCUT2D eigenvalue weighted by Crippen LogP contribution is 2.21. The third kappa shape index (κ3) is 3.86. The van der Waals surface area contributed by atoms with Gasteiger partial charge in [0.1, 0.15) is 0 Å². The summed E-state index contributed by atoms with van der Waals surface area (Å²) in [6.07, 6.45) is 0. The van der Waals surface area contributed by atoms with E-state index in [9.17, 15) is 0 Å². The number of nitrogens with zero attached hydrogens (tertiary/aromatic N) is 4. The molecule has 6 heteroatoms. The lowest BCUT2D eigenvalue weighted by Crippen LogP contribution is -2.23. The minimum absolute atomic E-state index is 0.110. The maximum atomic E-state index is 4.12. The predicted octanol–water partition coefficient (Wildman–Crippen LogP) is 2.79. The molecule has 20 heavy (non-hydrogen) atoms. The summed E-state index contributed by atoms with van der Waals surface area (Å²) in [5.41, 5.74) is 1.18. The van der Waals surface area contributed by atoms with Gasteiger partial charge in [0, 0.05) is 4.47 Å². The van der Waals surface area contributed by atoms with Crippen LogP contribution in [0.3, 0.4) is 0 Å². The number of tetrazole rings is 1. The van der Waals surface area contributed by atoms with Crippen molar-refractivity contribution in [1.29, 1.82) is 0 Å². The van der Waals surface area contributed by atoms with Crippen molar-refractivity contribution in [2.45, 2.75) is 33.4 Å². The second-order valence-electron chi connectivity index (χ2n) is 5.30. The van der Waals surface area contributed by atoms with Crippen LogP contribution in [0.15, 0.2) is 28.7 Å². The van der Waals surface area contributed by atoms with Gasteiger partial charge in [0.25, 0.3) is 0 Å². The Morgan fingerprint density at radius 2 is 2.10 bits per heavy atom. The third-order valence-electron chi connectivity index (χ3n) is 3.09. The monoisotopic (exact) mass is 337 g/mol. The molecule has 1 N–H and O–H groups in total. The topological polar surface area (TPSA) is 55.6 Å². The molecule has 108 valence electrons. The first-order valence-electron chi connectivity index (χ1n) is 6.81. The van der Waals surface area contributed by atoms with Crippen molar-refractivity contribution in [3.63, 3.8) is 0 Å². The first-order chi connectivity index (χ1) is 9.58. The Morgan fingerprint density at radius 1 is 1.30 bits per heavy atom. The van der Waals surface area contributed by atoms with Crippen molar-refractivity contribution in [2.75, 3.05) is 6.54 Å². The fraction of sp³-hybridized carbons (Fsp3) is 0.500. The van der Waals surface area contributed by atoms with Gasteiger partial charge in [-0.25, -0.2) is 4.68 Å². The summed E-state index contributed by atoms with van der Waals surface area (Å²) in [4.78, 5) is 0. The highest BCUT2D eigenvalue weighted by molar-refractivity contribution is 9.10. The minimum Gasteiger partial charge on any atom is -0.310 e. The van der Waals surface area contributed by atoms with Crippen LogP contribution in [0.4, 0.5) is 0 Å². The highest BCUT2D eigenvalue weighted by Gasteiger charge is 2.14. The molecule has 0 aliphatic carbocycles. The van der Waals surface area contributed by atoms with E-state index in [1.807, 2.05) is 16.8 Å². The Kier molecular flexibility index (Phi) is 5.25. The molecule has 0 saturated carbocycles. The molecule has 0 aliphatic rings. The Labute approximate surface area is 127 Å². The predicted molar refractivity (Wildman–Crippen MR) is 82.3 cm³/mol. The van der Waals surface area contributed by atoms with Crippen molar-refractivity contribution in [3.05, 3.63) is 40.1 Å². The Morgan fingerprint density at radius 3 is 2.80 bits per heavy atom. The van der Waals surface area contributed by atoms with Crippen LogP contribution in [0.1, 0.15) is 38.2 Å². The number of nitrogens with one attached hydrogen (secondary N) is 1. The van der Waals surface area contributed by atoms with Gasteiger partial charge < -0.3 is 5.32 Å². The van der Waals surface area contributed by atoms with E-state index in [1.165, 1.54) is 5.56 Å². The third-order valence-corrected chi connectivity index (χ3v) is 3.59. The summed E-state index contributed by atoms with van der Waals surface area (Å²) in [5, 5.41) is 15.4. The molecule has 1 aromatic heterocycles. The van der Waals surface area contributed by atoms with Crippen molar-refractivity contribution in [2.24, 2.45) is 5.92 Å². The van der Waals surface area contributed by atoms with E-state index in [0.29, 0.717) is 12.5 Å². The van der Waals surface area contributed by atoms with E-state index in [2.05, 4.69) is 69.7 Å². The lowest BCUT2D eigenvalue weighted by atomic mass is 10.1. The summed E-state index contributed by atoms with van der Waals surface area (Å²) >= 11 is 3.50. The number of halogens is 1. The molecule has 0 saturated heterocycles. The molecule has 2 rings (SSSR count). The van der Waals surface area contributed by atoms with Crippen LogP contribution < -0.4 is 5.32 Å². The van der Waals surface area contributed by atoms with Crippen LogP contribution in [-0.4, -0.2) is 26.8 Å². The minimum atomic E-state index is 0.110. The molecule has 0 fully saturated rings. The zero-order valence-electron chi connectivity index (χ0n) is 12.0. The summed E-state index contributed by atoms with van der Waals surface area (Å²) in [6, 6.07) is 8.33. The average Bonchev–Trinajstić information content (AvgIpc) is 2.86. The van der Waals surface area contributed by atoms with E-state index >= 15 is 0 Å². The number of benzene rings is 1. The van der Waals surface area contributed by atoms with Gasteiger partial charge in [-0.05, 0) is 47.5 Å². The lowest BCUT2D eigenvalue weighted by molar-refractivity contribution is 0.488. The summed E-state index contributed by atoms with van der Waals surface area (Å²) in [5.74, 6) is 1.47. The van der Waals surface area contributed by atoms with E-state index in [0.717, 1.165) is 16.8 Å². The van der Waals surface area contributed by atoms with Gasteiger partial charge >= 0.3 is 0 Å². The highest BCUT2D eigenvalue weighted by atomic mass is 79.9. The van der Waals surface area contributed by atoms with Gasteiger partial charge in [0.05, 0.1) is 12.6 Å². The molecule has 0 bridgehead atoms. The van der Waals surface area contributed by atoms with E-state index in [-0.39, 0.29) is 6.04 Å². The SMILES string of the molecule is CC(C)CNCc1nnnn1C(C)c1cccc(Br)c1. The van der Waals surface area contributed by atoms with Gasteiger partial charge in [0.15, 0.2) is 5.82 Å². The van der Waals surface area contributed by atoms with Gasteiger partial charge in [-0.15, -0.1) is 5.10 Å². The molecule has 0 radical (unpaired) electrons. The largest absolute Gasteiger partial charge is 0.310 e. The van der Waals surface area contributed by atoms with Gasteiger partial charge in [0.2, 0.25) is 0 Å².